The van der Waals surface area contributed by atoms with Crippen molar-refractivity contribution in [3.63, 3.8) is 0 Å². The van der Waals surface area contributed by atoms with Crippen molar-refractivity contribution in [2.75, 3.05) is 5.32 Å². The molecule has 1 aromatic heterocycles. The van der Waals surface area contributed by atoms with E-state index < -0.39 is 17.6 Å². The van der Waals surface area contributed by atoms with E-state index in [1.165, 1.54) is 36.4 Å². The minimum Gasteiger partial charge on any atom is -0.347 e. The summed E-state index contributed by atoms with van der Waals surface area (Å²) in [5, 5.41) is 13.1. The Morgan fingerprint density at radius 3 is 2.14 bits per heavy atom. The normalized spacial score (nSPS) is 11.1. The van der Waals surface area contributed by atoms with Crippen LogP contribution >= 0.6 is 0 Å². The number of anilines is 2. The van der Waals surface area contributed by atoms with Crippen LogP contribution in [-0.2, 0) is 12.7 Å². The molecule has 9 heteroatoms. The highest BCUT2D eigenvalue weighted by molar-refractivity contribution is 5.92. The number of alkyl halides is 3. The first kappa shape index (κ1) is 19.3. The number of carbonyl (C=O) groups is 1. The van der Waals surface area contributed by atoms with Crippen molar-refractivity contribution in [2.45, 2.75) is 12.7 Å². The van der Waals surface area contributed by atoms with Gasteiger partial charge in [-0.3, -0.25) is 4.79 Å². The van der Waals surface area contributed by atoms with Crippen molar-refractivity contribution in [2.24, 2.45) is 0 Å². The third-order valence-corrected chi connectivity index (χ3v) is 3.75. The smallest absolute Gasteiger partial charge is 0.347 e. The number of nitrogens with zero attached hydrogens (tertiary/aromatic N) is 2. The largest absolute Gasteiger partial charge is 0.416 e. The molecule has 1 amide bonds. The number of aromatic nitrogens is 2. The maximum absolute atomic E-state index is 12.9. The van der Waals surface area contributed by atoms with Gasteiger partial charge >= 0.3 is 6.18 Å². The fourth-order valence-corrected chi connectivity index (χ4v) is 2.29. The second kappa shape index (κ2) is 8.03. The van der Waals surface area contributed by atoms with Crippen LogP contribution < -0.4 is 10.6 Å². The molecule has 0 aliphatic heterocycles. The number of benzene rings is 2. The van der Waals surface area contributed by atoms with Gasteiger partial charge in [0.05, 0.1) is 5.56 Å². The van der Waals surface area contributed by atoms with Crippen LogP contribution in [0.1, 0.15) is 21.6 Å². The summed E-state index contributed by atoms with van der Waals surface area (Å²) in [4.78, 5) is 12.1. The Bertz CT molecular complexity index is 940. The first-order valence-electron chi connectivity index (χ1n) is 8.12. The molecule has 0 unspecified atom stereocenters. The van der Waals surface area contributed by atoms with Crippen molar-refractivity contribution in [3.8, 4) is 0 Å². The second-order valence-electron chi connectivity index (χ2n) is 5.81. The average Bonchev–Trinajstić information content (AvgIpc) is 2.67. The monoisotopic (exact) mass is 390 g/mol. The van der Waals surface area contributed by atoms with E-state index in [-0.39, 0.29) is 23.9 Å². The summed E-state index contributed by atoms with van der Waals surface area (Å²) in [5.74, 6) is -0.551. The molecule has 5 nitrogen and oxygen atoms in total. The lowest BCUT2D eigenvalue weighted by Crippen LogP contribution is -2.24. The zero-order valence-electron chi connectivity index (χ0n) is 14.3. The van der Waals surface area contributed by atoms with Crippen LogP contribution in [0.15, 0.2) is 60.7 Å². The van der Waals surface area contributed by atoms with E-state index in [0.29, 0.717) is 5.69 Å². The number of nitrogens with one attached hydrogen (secondary N) is 2. The fraction of sp³-hybridized carbons (Fsp3) is 0.105. The molecule has 0 saturated heterocycles. The first-order chi connectivity index (χ1) is 13.3. The molecule has 0 saturated carbocycles. The standard InChI is InChI=1S/C19H14F4N4O/c20-14-5-1-12(2-6-14)11-24-18(28)16-9-10-17(27-26-16)25-15-7-3-13(4-8-15)19(21,22)23/h1-10H,11H2,(H,24,28)(H,25,27). The molecule has 0 radical (unpaired) electrons. The van der Waals surface area contributed by atoms with Gasteiger partial charge in [0, 0.05) is 12.2 Å². The second-order valence-corrected chi connectivity index (χ2v) is 5.81. The molecule has 0 atom stereocenters. The Kier molecular flexibility index (Phi) is 5.53. The van der Waals surface area contributed by atoms with Gasteiger partial charge in [-0.1, -0.05) is 12.1 Å². The van der Waals surface area contributed by atoms with Gasteiger partial charge in [0.25, 0.3) is 5.91 Å². The molecule has 2 aromatic carbocycles. The molecule has 2 N–H and O–H groups in total. The Balaban J connectivity index is 1.58. The summed E-state index contributed by atoms with van der Waals surface area (Å²) in [7, 11) is 0. The summed E-state index contributed by atoms with van der Waals surface area (Å²) in [5.41, 5.74) is 0.441. The topological polar surface area (TPSA) is 66.9 Å². The number of halogens is 4. The molecule has 1 heterocycles. The van der Waals surface area contributed by atoms with Crippen LogP contribution in [0.3, 0.4) is 0 Å². The molecule has 0 fully saturated rings. The zero-order chi connectivity index (χ0) is 20.1. The summed E-state index contributed by atoms with van der Waals surface area (Å²) < 4.78 is 50.5. The van der Waals surface area contributed by atoms with Crippen LogP contribution in [0.5, 0.6) is 0 Å². The molecule has 3 aromatic rings. The Labute approximate surface area is 157 Å². The lowest BCUT2D eigenvalue weighted by Gasteiger charge is -2.09. The van der Waals surface area contributed by atoms with Gasteiger partial charge in [-0.15, -0.1) is 10.2 Å². The van der Waals surface area contributed by atoms with Crippen molar-refractivity contribution >= 4 is 17.4 Å². The van der Waals surface area contributed by atoms with Crippen LogP contribution in [0.4, 0.5) is 29.1 Å². The van der Waals surface area contributed by atoms with Crippen LogP contribution in [0.25, 0.3) is 0 Å². The number of rotatable bonds is 5. The number of hydrogen-bond donors (Lipinski definition) is 2. The van der Waals surface area contributed by atoms with Gasteiger partial charge in [0.15, 0.2) is 11.5 Å². The quantitative estimate of drug-likeness (QED) is 0.638. The van der Waals surface area contributed by atoms with E-state index in [4.69, 9.17) is 0 Å². The predicted molar refractivity (Wildman–Crippen MR) is 94.3 cm³/mol. The van der Waals surface area contributed by atoms with Crippen molar-refractivity contribution in [3.05, 3.63) is 83.3 Å². The Hall–Kier alpha value is -3.49. The maximum atomic E-state index is 12.9. The van der Waals surface area contributed by atoms with Crippen LogP contribution in [0, 0.1) is 5.82 Å². The molecule has 0 aliphatic carbocycles. The molecule has 0 bridgehead atoms. The molecule has 144 valence electrons. The van der Waals surface area contributed by atoms with Crippen molar-refractivity contribution in [1.82, 2.24) is 15.5 Å². The molecular weight excluding hydrogens is 376 g/mol. The van der Waals surface area contributed by atoms with Gasteiger partial charge in [0.2, 0.25) is 0 Å². The van der Waals surface area contributed by atoms with Gasteiger partial charge in [-0.25, -0.2) is 4.39 Å². The van der Waals surface area contributed by atoms with Crippen molar-refractivity contribution in [1.29, 1.82) is 0 Å². The summed E-state index contributed by atoms with van der Waals surface area (Å²) in [6.45, 7) is 0.201. The molecule has 0 spiro atoms. The average molecular weight is 390 g/mol. The van der Waals surface area contributed by atoms with E-state index >= 15 is 0 Å². The van der Waals surface area contributed by atoms with Gasteiger partial charge in [-0.05, 0) is 54.1 Å². The number of amides is 1. The predicted octanol–water partition coefficient (Wildman–Crippen LogP) is 4.31. The first-order valence-corrected chi connectivity index (χ1v) is 8.12. The number of carbonyl (C=O) groups excluding carboxylic acids is 1. The van der Waals surface area contributed by atoms with E-state index in [0.717, 1.165) is 17.7 Å². The molecular formula is C19H14F4N4O. The third kappa shape index (κ3) is 5.03. The third-order valence-electron chi connectivity index (χ3n) is 3.75. The number of hydrogen-bond acceptors (Lipinski definition) is 4. The fourth-order valence-electron chi connectivity index (χ4n) is 2.29. The minimum atomic E-state index is -4.40. The van der Waals surface area contributed by atoms with E-state index in [9.17, 15) is 22.4 Å². The Morgan fingerprint density at radius 2 is 1.57 bits per heavy atom. The van der Waals surface area contributed by atoms with Crippen LogP contribution in [0.2, 0.25) is 0 Å². The minimum absolute atomic E-state index is 0.0695. The van der Waals surface area contributed by atoms with E-state index in [2.05, 4.69) is 20.8 Å². The van der Waals surface area contributed by atoms with Gasteiger partial charge in [0.1, 0.15) is 5.82 Å². The summed E-state index contributed by atoms with van der Waals surface area (Å²) >= 11 is 0. The van der Waals surface area contributed by atoms with E-state index in [1.807, 2.05) is 0 Å². The Morgan fingerprint density at radius 1 is 0.893 bits per heavy atom. The molecule has 3 rings (SSSR count). The SMILES string of the molecule is O=C(NCc1ccc(F)cc1)c1ccc(Nc2ccc(C(F)(F)F)cc2)nn1. The highest BCUT2D eigenvalue weighted by Crippen LogP contribution is 2.30. The highest BCUT2D eigenvalue weighted by atomic mass is 19.4. The van der Waals surface area contributed by atoms with Crippen molar-refractivity contribution < 1.29 is 22.4 Å². The van der Waals surface area contributed by atoms with Crippen LogP contribution in [-0.4, -0.2) is 16.1 Å². The summed E-state index contributed by atoms with van der Waals surface area (Å²) in [6, 6.07) is 13.1. The zero-order valence-corrected chi connectivity index (χ0v) is 14.3. The van der Waals surface area contributed by atoms with Gasteiger partial charge in [-0.2, -0.15) is 13.2 Å². The maximum Gasteiger partial charge on any atom is 0.416 e. The lowest BCUT2D eigenvalue weighted by atomic mass is 10.2. The molecule has 0 aliphatic rings. The van der Waals surface area contributed by atoms with E-state index in [1.54, 1.807) is 12.1 Å². The lowest BCUT2D eigenvalue weighted by molar-refractivity contribution is -0.137. The molecule has 28 heavy (non-hydrogen) atoms. The summed E-state index contributed by atoms with van der Waals surface area (Å²) in [6.07, 6.45) is -4.40. The van der Waals surface area contributed by atoms with Gasteiger partial charge < -0.3 is 10.6 Å². The highest BCUT2D eigenvalue weighted by Gasteiger charge is 2.29.